The predicted octanol–water partition coefficient (Wildman–Crippen LogP) is 5.63. The molecular formula is C14H15Cl2NO2S2. The highest BCUT2D eigenvalue weighted by Crippen LogP contribution is 2.45. The molecule has 21 heavy (non-hydrogen) atoms. The van der Waals surface area contributed by atoms with Crippen molar-refractivity contribution in [3.63, 3.8) is 0 Å². The number of ether oxygens (including phenoxy) is 1. The summed E-state index contributed by atoms with van der Waals surface area (Å²) in [5.41, 5.74) is 7.54. The van der Waals surface area contributed by atoms with Crippen molar-refractivity contribution < 1.29 is 9.53 Å². The number of halogens is 2. The molecule has 0 bridgehead atoms. The first-order valence-electron chi connectivity index (χ1n) is 6.17. The molecule has 2 aromatic heterocycles. The highest BCUT2D eigenvalue weighted by atomic mass is 35.5. The lowest BCUT2D eigenvalue weighted by atomic mass is 10.1. The molecule has 0 saturated heterocycles. The summed E-state index contributed by atoms with van der Waals surface area (Å²) >= 11 is 14.7. The number of rotatable bonds is 2. The van der Waals surface area contributed by atoms with E-state index in [0.29, 0.717) is 19.2 Å². The number of anilines is 1. The topological polar surface area (TPSA) is 52.3 Å². The van der Waals surface area contributed by atoms with Gasteiger partial charge in [0.2, 0.25) is 0 Å². The van der Waals surface area contributed by atoms with E-state index in [2.05, 4.69) is 0 Å². The largest absolute Gasteiger partial charge is 0.456 e. The number of thiophene rings is 2. The van der Waals surface area contributed by atoms with Crippen LogP contribution in [0.3, 0.4) is 0 Å². The van der Waals surface area contributed by atoms with Gasteiger partial charge in [0.1, 0.15) is 14.8 Å². The molecular weight excluding hydrogens is 349 g/mol. The number of carbonyl (C=O) groups is 1. The van der Waals surface area contributed by atoms with Crippen LogP contribution in [0.1, 0.15) is 36.0 Å². The van der Waals surface area contributed by atoms with Crippen LogP contribution in [-0.4, -0.2) is 11.6 Å². The van der Waals surface area contributed by atoms with Gasteiger partial charge in [0.15, 0.2) is 0 Å². The molecule has 0 atom stereocenters. The van der Waals surface area contributed by atoms with Crippen molar-refractivity contribution in [3.05, 3.63) is 25.2 Å². The van der Waals surface area contributed by atoms with Gasteiger partial charge in [0.25, 0.3) is 0 Å². The van der Waals surface area contributed by atoms with Gasteiger partial charge in [-0.3, -0.25) is 0 Å². The molecule has 0 fully saturated rings. The Balaban J connectivity index is 2.46. The second kappa shape index (κ2) is 5.80. The fraction of sp³-hybridized carbons (Fsp3) is 0.357. The highest BCUT2D eigenvalue weighted by molar-refractivity contribution is 7.22. The van der Waals surface area contributed by atoms with Crippen LogP contribution in [0.5, 0.6) is 0 Å². The molecule has 2 N–H and O–H groups in total. The number of hydrogen-bond donors (Lipinski definition) is 1. The highest BCUT2D eigenvalue weighted by Gasteiger charge is 2.25. The lowest BCUT2D eigenvalue weighted by molar-refractivity contribution is 0.00763. The predicted molar refractivity (Wildman–Crippen MR) is 92.0 cm³/mol. The summed E-state index contributed by atoms with van der Waals surface area (Å²) in [5.74, 6) is -0.420. The quantitative estimate of drug-likeness (QED) is 0.703. The molecule has 7 heteroatoms. The van der Waals surface area contributed by atoms with Crippen LogP contribution in [0.15, 0.2) is 6.07 Å². The van der Waals surface area contributed by atoms with Crippen molar-refractivity contribution in [2.45, 2.75) is 33.3 Å². The minimum absolute atomic E-state index is 0.399. The Morgan fingerprint density at radius 3 is 2.38 bits per heavy atom. The summed E-state index contributed by atoms with van der Waals surface area (Å²) in [6, 6.07) is 1.78. The summed E-state index contributed by atoms with van der Waals surface area (Å²) in [6.45, 7) is 7.31. The third-order valence-electron chi connectivity index (χ3n) is 2.68. The number of nitrogen functional groups attached to an aromatic ring is 1. The molecule has 0 spiro atoms. The Labute approximate surface area is 141 Å². The zero-order valence-electron chi connectivity index (χ0n) is 12.0. The van der Waals surface area contributed by atoms with Crippen LogP contribution in [0.2, 0.25) is 8.67 Å². The maximum Gasteiger partial charge on any atom is 0.351 e. The maximum absolute atomic E-state index is 12.2. The normalized spacial score (nSPS) is 11.7. The van der Waals surface area contributed by atoms with Crippen molar-refractivity contribution >= 4 is 57.5 Å². The van der Waals surface area contributed by atoms with Gasteiger partial charge < -0.3 is 10.5 Å². The van der Waals surface area contributed by atoms with E-state index in [-0.39, 0.29) is 0 Å². The van der Waals surface area contributed by atoms with E-state index in [0.717, 1.165) is 16.0 Å². The molecule has 2 heterocycles. The smallest absolute Gasteiger partial charge is 0.351 e. The summed E-state index contributed by atoms with van der Waals surface area (Å²) in [4.78, 5) is 13.5. The van der Waals surface area contributed by atoms with Crippen molar-refractivity contribution in [2.75, 3.05) is 5.73 Å². The van der Waals surface area contributed by atoms with Crippen LogP contribution < -0.4 is 5.73 Å². The van der Waals surface area contributed by atoms with E-state index in [9.17, 15) is 4.79 Å². The number of esters is 1. The van der Waals surface area contributed by atoms with E-state index in [1.54, 1.807) is 6.07 Å². The SMILES string of the molecule is Cc1c(-c2cc(Cl)sc2Cl)sc(C(=O)OC(C)(C)C)c1N. The van der Waals surface area contributed by atoms with Crippen molar-refractivity contribution in [1.29, 1.82) is 0 Å². The van der Waals surface area contributed by atoms with Crippen LogP contribution in [0, 0.1) is 6.92 Å². The monoisotopic (exact) mass is 363 g/mol. The molecule has 3 nitrogen and oxygen atoms in total. The molecule has 0 aromatic carbocycles. The Kier molecular flexibility index (Phi) is 4.59. The Morgan fingerprint density at radius 2 is 1.90 bits per heavy atom. The van der Waals surface area contributed by atoms with Gasteiger partial charge >= 0.3 is 5.97 Å². The summed E-state index contributed by atoms with van der Waals surface area (Å²) in [7, 11) is 0. The lowest BCUT2D eigenvalue weighted by Gasteiger charge is -2.19. The first kappa shape index (κ1) is 16.6. The Bertz CT molecular complexity index is 699. The van der Waals surface area contributed by atoms with Crippen LogP contribution in [0.4, 0.5) is 5.69 Å². The number of hydrogen-bond acceptors (Lipinski definition) is 5. The molecule has 0 saturated carbocycles. The standard InChI is InChI=1S/C14H15Cl2NO2S2/c1-6-9(17)11(13(18)19-14(2,3)4)21-10(6)7-5-8(15)20-12(7)16/h5H,17H2,1-4H3. The maximum atomic E-state index is 12.2. The fourth-order valence-electron chi connectivity index (χ4n) is 1.75. The van der Waals surface area contributed by atoms with E-state index in [1.165, 1.54) is 22.7 Å². The first-order chi connectivity index (χ1) is 9.60. The molecule has 0 aliphatic heterocycles. The van der Waals surface area contributed by atoms with Gasteiger partial charge in [-0.15, -0.1) is 22.7 Å². The van der Waals surface area contributed by atoms with E-state index in [4.69, 9.17) is 33.7 Å². The zero-order chi connectivity index (χ0) is 15.9. The van der Waals surface area contributed by atoms with E-state index < -0.39 is 11.6 Å². The molecule has 2 aromatic rings. The minimum Gasteiger partial charge on any atom is -0.456 e. The molecule has 0 aliphatic rings. The molecule has 114 valence electrons. The summed E-state index contributed by atoms with van der Waals surface area (Å²) < 4.78 is 6.56. The number of carbonyl (C=O) groups excluding carboxylic acids is 1. The molecule has 2 rings (SSSR count). The third-order valence-corrected chi connectivity index (χ3v) is 5.49. The van der Waals surface area contributed by atoms with Gasteiger partial charge in [0.05, 0.1) is 10.0 Å². The third kappa shape index (κ3) is 3.54. The van der Waals surface area contributed by atoms with Gasteiger partial charge in [-0.2, -0.15) is 0 Å². The van der Waals surface area contributed by atoms with Crippen LogP contribution in [0.25, 0.3) is 10.4 Å². The fourth-order valence-corrected chi connectivity index (χ4v) is 4.48. The first-order valence-corrected chi connectivity index (χ1v) is 8.56. The summed E-state index contributed by atoms with van der Waals surface area (Å²) in [6.07, 6.45) is 0. The minimum atomic E-state index is -0.565. The van der Waals surface area contributed by atoms with Gasteiger partial charge in [-0.05, 0) is 39.3 Å². The molecule has 0 radical (unpaired) electrons. The second-order valence-corrected chi connectivity index (χ2v) is 8.84. The Hall–Kier alpha value is -0.750. The average Bonchev–Trinajstić information content (AvgIpc) is 2.79. The number of nitrogens with two attached hydrogens (primary N) is 1. The zero-order valence-corrected chi connectivity index (χ0v) is 15.2. The average molecular weight is 364 g/mol. The van der Waals surface area contributed by atoms with Gasteiger partial charge in [-0.25, -0.2) is 4.79 Å². The van der Waals surface area contributed by atoms with Crippen molar-refractivity contribution in [1.82, 2.24) is 0 Å². The van der Waals surface area contributed by atoms with Crippen molar-refractivity contribution in [3.8, 4) is 10.4 Å². The van der Waals surface area contributed by atoms with Gasteiger partial charge in [-0.1, -0.05) is 23.2 Å². The Morgan fingerprint density at radius 1 is 1.29 bits per heavy atom. The molecule has 0 unspecified atom stereocenters. The van der Waals surface area contributed by atoms with Gasteiger partial charge in [0, 0.05) is 10.4 Å². The molecule has 0 aliphatic carbocycles. The molecule has 0 amide bonds. The second-order valence-electron chi connectivity index (χ2n) is 5.54. The van der Waals surface area contributed by atoms with Crippen molar-refractivity contribution in [2.24, 2.45) is 0 Å². The van der Waals surface area contributed by atoms with Crippen LogP contribution >= 0.6 is 45.9 Å². The van der Waals surface area contributed by atoms with Crippen LogP contribution in [-0.2, 0) is 4.74 Å². The van der Waals surface area contributed by atoms with E-state index >= 15 is 0 Å². The van der Waals surface area contributed by atoms with E-state index in [1.807, 2.05) is 27.7 Å². The summed E-state index contributed by atoms with van der Waals surface area (Å²) in [5, 5.41) is 0. The lowest BCUT2D eigenvalue weighted by Crippen LogP contribution is -2.23.